The van der Waals surface area contributed by atoms with Crippen molar-refractivity contribution in [1.82, 2.24) is 0 Å². The summed E-state index contributed by atoms with van der Waals surface area (Å²) in [5.74, 6) is 0.369. The number of hydrogen-bond donors (Lipinski definition) is 1. The first-order chi connectivity index (χ1) is 7.56. The maximum absolute atomic E-state index is 13.7. The molecule has 0 aliphatic heterocycles. The largest absolute Gasteiger partial charge is 0.495 e. The maximum atomic E-state index is 13.7. The number of ether oxygens (including phenoxy) is 1. The minimum Gasteiger partial charge on any atom is -0.495 e. The van der Waals surface area contributed by atoms with Crippen LogP contribution in [0.25, 0.3) is 0 Å². The van der Waals surface area contributed by atoms with Gasteiger partial charge >= 0.3 is 0 Å². The molecule has 0 heterocycles. The Labute approximate surface area is 103 Å². The SMILES string of the molecule is COc1c(Br)ccc(F)c1CCC1(N)CC1. The predicted molar refractivity (Wildman–Crippen MR) is 65.1 cm³/mol. The molecular weight excluding hydrogens is 273 g/mol. The molecule has 0 bridgehead atoms. The Kier molecular flexibility index (Phi) is 3.22. The van der Waals surface area contributed by atoms with Crippen molar-refractivity contribution in [1.29, 1.82) is 0 Å². The Morgan fingerprint density at radius 1 is 1.50 bits per heavy atom. The van der Waals surface area contributed by atoms with Gasteiger partial charge in [-0.05, 0) is 53.7 Å². The van der Waals surface area contributed by atoms with E-state index in [0.29, 0.717) is 17.7 Å². The Bertz CT molecular complexity index is 404. The molecule has 0 spiro atoms. The molecule has 16 heavy (non-hydrogen) atoms. The molecule has 2 nitrogen and oxygen atoms in total. The van der Waals surface area contributed by atoms with E-state index >= 15 is 0 Å². The fourth-order valence-electron chi connectivity index (χ4n) is 1.81. The molecule has 2 rings (SSSR count). The second kappa shape index (κ2) is 4.34. The molecule has 0 aromatic heterocycles. The quantitative estimate of drug-likeness (QED) is 0.924. The van der Waals surface area contributed by atoms with Crippen LogP contribution in [0.4, 0.5) is 4.39 Å². The highest BCUT2D eigenvalue weighted by atomic mass is 79.9. The van der Waals surface area contributed by atoms with E-state index in [1.807, 2.05) is 0 Å². The second-order valence-electron chi connectivity index (χ2n) is 4.40. The molecule has 0 atom stereocenters. The molecule has 1 aliphatic rings. The topological polar surface area (TPSA) is 35.2 Å². The van der Waals surface area contributed by atoms with Crippen LogP contribution in [0.15, 0.2) is 16.6 Å². The fourth-order valence-corrected chi connectivity index (χ4v) is 2.35. The van der Waals surface area contributed by atoms with Gasteiger partial charge in [0.25, 0.3) is 0 Å². The van der Waals surface area contributed by atoms with Gasteiger partial charge in [0, 0.05) is 11.1 Å². The molecule has 1 aromatic carbocycles. The van der Waals surface area contributed by atoms with Crippen molar-refractivity contribution < 1.29 is 9.13 Å². The van der Waals surface area contributed by atoms with Crippen LogP contribution in [0, 0.1) is 5.82 Å². The van der Waals surface area contributed by atoms with Crippen LogP contribution in [0.3, 0.4) is 0 Å². The Balaban J connectivity index is 2.20. The summed E-state index contributed by atoms with van der Waals surface area (Å²) in [5, 5.41) is 0. The number of halogens is 2. The first-order valence-electron chi connectivity index (χ1n) is 5.35. The third kappa shape index (κ3) is 2.38. The molecule has 1 saturated carbocycles. The van der Waals surface area contributed by atoms with Gasteiger partial charge < -0.3 is 10.5 Å². The highest BCUT2D eigenvalue weighted by Crippen LogP contribution is 2.39. The van der Waals surface area contributed by atoms with E-state index < -0.39 is 0 Å². The number of methoxy groups -OCH3 is 1. The summed E-state index contributed by atoms with van der Waals surface area (Å²) < 4.78 is 19.7. The van der Waals surface area contributed by atoms with Gasteiger partial charge in [-0.15, -0.1) is 0 Å². The van der Waals surface area contributed by atoms with Gasteiger partial charge in [0.2, 0.25) is 0 Å². The van der Waals surface area contributed by atoms with E-state index in [1.165, 1.54) is 6.07 Å². The van der Waals surface area contributed by atoms with E-state index in [-0.39, 0.29) is 11.4 Å². The Hall–Kier alpha value is -0.610. The number of nitrogens with two attached hydrogens (primary N) is 1. The minimum absolute atomic E-state index is 0.0558. The predicted octanol–water partition coefficient (Wildman–Crippen LogP) is 3.02. The third-order valence-electron chi connectivity index (χ3n) is 3.12. The monoisotopic (exact) mass is 287 g/mol. The van der Waals surface area contributed by atoms with Crippen LogP contribution in [0.1, 0.15) is 24.8 Å². The molecule has 0 saturated heterocycles. The van der Waals surface area contributed by atoms with Gasteiger partial charge in [-0.1, -0.05) is 0 Å². The second-order valence-corrected chi connectivity index (χ2v) is 5.26. The summed E-state index contributed by atoms with van der Waals surface area (Å²) in [6.07, 6.45) is 3.54. The van der Waals surface area contributed by atoms with E-state index in [4.69, 9.17) is 10.5 Å². The van der Waals surface area contributed by atoms with Crippen LogP contribution in [0.2, 0.25) is 0 Å². The van der Waals surface area contributed by atoms with Crippen LogP contribution >= 0.6 is 15.9 Å². The van der Waals surface area contributed by atoms with Crippen LogP contribution in [0.5, 0.6) is 5.75 Å². The van der Waals surface area contributed by atoms with E-state index in [9.17, 15) is 4.39 Å². The van der Waals surface area contributed by atoms with Gasteiger partial charge in [-0.3, -0.25) is 0 Å². The van der Waals surface area contributed by atoms with Gasteiger partial charge in [0.1, 0.15) is 11.6 Å². The van der Waals surface area contributed by atoms with Crippen LogP contribution in [-0.2, 0) is 6.42 Å². The normalized spacial score (nSPS) is 17.2. The molecular formula is C12H15BrFNO. The van der Waals surface area contributed by atoms with Crippen LogP contribution in [-0.4, -0.2) is 12.6 Å². The van der Waals surface area contributed by atoms with Gasteiger partial charge in [-0.2, -0.15) is 0 Å². The maximum Gasteiger partial charge on any atom is 0.139 e. The third-order valence-corrected chi connectivity index (χ3v) is 3.75. The molecule has 0 radical (unpaired) electrons. The smallest absolute Gasteiger partial charge is 0.139 e. The highest BCUT2D eigenvalue weighted by molar-refractivity contribution is 9.10. The zero-order valence-electron chi connectivity index (χ0n) is 9.22. The van der Waals surface area contributed by atoms with E-state index in [1.54, 1.807) is 13.2 Å². The van der Waals surface area contributed by atoms with Crippen molar-refractivity contribution in [3.8, 4) is 5.75 Å². The lowest BCUT2D eigenvalue weighted by atomic mass is 10.0. The van der Waals surface area contributed by atoms with Crippen molar-refractivity contribution in [2.75, 3.05) is 7.11 Å². The molecule has 2 N–H and O–H groups in total. The summed E-state index contributed by atoms with van der Waals surface area (Å²) in [6.45, 7) is 0. The van der Waals surface area contributed by atoms with Crippen LogP contribution < -0.4 is 10.5 Å². The molecule has 1 aromatic rings. The van der Waals surface area contributed by atoms with Gasteiger partial charge in [0.05, 0.1) is 11.6 Å². The average molecular weight is 288 g/mol. The molecule has 4 heteroatoms. The lowest BCUT2D eigenvalue weighted by Gasteiger charge is -2.13. The molecule has 1 aliphatic carbocycles. The van der Waals surface area contributed by atoms with Crippen molar-refractivity contribution in [2.45, 2.75) is 31.2 Å². The average Bonchev–Trinajstić information content (AvgIpc) is 2.98. The van der Waals surface area contributed by atoms with Gasteiger partial charge in [0.15, 0.2) is 0 Å². The first-order valence-corrected chi connectivity index (χ1v) is 6.15. The minimum atomic E-state index is -0.218. The molecule has 88 valence electrons. The number of hydrogen-bond acceptors (Lipinski definition) is 2. The standard InChI is InChI=1S/C12H15BrFNO/c1-16-11-8(4-5-12(15)6-7-12)10(14)3-2-9(11)13/h2-3H,4-7,15H2,1H3. The zero-order valence-corrected chi connectivity index (χ0v) is 10.8. The van der Waals surface area contributed by atoms with Crippen molar-refractivity contribution in [3.63, 3.8) is 0 Å². The summed E-state index contributed by atoms with van der Waals surface area (Å²) >= 11 is 3.35. The summed E-state index contributed by atoms with van der Waals surface area (Å²) in [7, 11) is 1.55. The van der Waals surface area contributed by atoms with Crippen molar-refractivity contribution >= 4 is 15.9 Å². The highest BCUT2D eigenvalue weighted by Gasteiger charge is 2.37. The summed E-state index contributed by atoms with van der Waals surface area (Å²) in [5.41, 5.74) is 6.56. The zero-order chi connectivity index (χ0) is 11.8. The van der Waals surface area contributed by atoms with E-state index in [0.717, 1.165) is 23.7 Å². The molecule has 0 amide bonds. The summed E-state index contributed by atoms with van der Waals surface area (Å²) in [6, 6.07) is 3.12. The van der Waals surface area contributed by atoms with E-state index in [2.05, 4.69) is 15.9 Å². The lowest BCUT2D eigenvalue weighted by molar-refractivity contribution is 0.399. The lowest BCUT2D eigenvalue weighted by Crippen LogP contribution is -2.22. The van der Waals surface area contributed by atoms with Gasteiger partial charge in [-0.25, -0.2) is 4.39 Å². The molecule has 0 unspecified atom stereocenters. The fraction of sp³-hybridized carbons (Fsp3) is 0.500. The number of benzene rings is 1. The summed E-state index contributed by atoms with van der Waals surface area (Å²) in [4.78, 5) is 0. The Morgan fingerprint density at radius 3 is 2.75 bits per heavy atom. The van der Waals surface area contributed by atoms with Crippen molar-refractivity contribution in [2.24, 2.45) is 5.73 Å². The molecule has 1 fully saturated rings. The number of rotatable bonds is 4. The van der Waals surface area contributed by atoms with Crippen molar-refractivity contribution in [3.05, 3.63) is 28.0 Å². The first kappa shape index (κ1) is 11.9. The Morgan fingerprint density at radius 2 is 2.19 bits per heavy atom.